The number of nitrogens with one attached hydrogen (secondary N) is 2. The molecule has 0 bridgehead atoms. The van der Waals surface area contributed by atoms with Crippen molar-refractivity contribution in [3.63, 3.8) is 0 Å². The van der Waals surface area contributed by atoms with Gasteiger partial charge in [0.1, 0.15) is 25.3 Å². The maximum absolute atomic E-state index is 11.9. The minimum Gasteiger partial charge on any atom is -0.463 e. The molecule has 0 aromatic carbocycles. The van der Waals surface area contributed by atoms with Crippen LogP contribution in [-0.2, 0) is 28.7 Å². The quantitative estimate of drug-likeness (QED) is 0.351. The number of aliphatic hydroxyl groups excluding tert-OH is 2. The van der Waals surface area contributed by atoms with Gasteiger partial charge in [0.2, 0.25) is 11.8 Å². The SMILES string of the molecule is O=C1CC[C@@H](C(=O)OCC(CO)(CO)COC(=O)[C@@H]2CCC(=O)N2)N1. The number of ether oxygens (including phenoxy) is 2. The highest BCUT2D eigenvalue weighted by Crippen LogP contribution is 2.20. The van der Waals surface area contributed by atoms with E-state index in [0.717, 1.165) is 0 Å². The Morgan fingerprint density at radius 1 is 0.920 bits per heavy atom. The second kappa shape index (κ2) is 8.26. The Labute approximate surface area is 143 Å². The summed E-state index contributed by atoms with van der Waals surface area (Å²) in [7, 11) is 0. The van der Waals surface area contributed by atoms with Gasteiger partial charge < -0.3 is 30.3 Å². The molecule has 4 N–H and O–H groups in total. The lowest BCUT2D eigenvalue weighted by atomic mass is 9.92. The van der Waals surface area contributed by atoms with Gasteiger partial charge in [0.25, 0.3) is 0 Å². The monoisotopic (exact) mass is 358 g/mol. The van der Waals surface area contributed by atoms with Crippen molar-refractivity contribution in [1.29, 1.82) is 0 Å². The number of carbonyl (C=O) groups excluding carboxylic acids is 4. The van der Waals surface area contributed by atoms with Crippen molar-refractivity contribution in [2.45, 2.75) is 37.8 Å². The van der Waals surface area contributed by atoms with E-state index in [4.69, 9.17) is 9.47 Å². The molecule has 0 aromatic heterocycles. The maximum Gasteiger partial charge on any atom is 0.328 e. The number of rotatable bonds is 8. The fraction of sp³-hybridized carbons (Fsp3) is 0.733. The van der Waals surface area contributed by atoms with E-state index >= 15 is 0 Å². The van der Waals surface area contributed by atoms with Crippen LogP contribution >= 0.6 is 0 Å². The Morgan fingerprint density at radius 3 is 1.60 bits per heavy atom. The lowest BCUT2D eigenvalue weighted by Gasteiger charge is -2.29. The lowest BCUT2D eigenvalue weighted by molar-refractivity contribution is -0.161. The Balaban J connectivity index is 1.84. The van der Waals surface area contributed by atoms with Crippen molar-refractivity contribution in [3.8, 4) is 0 Å². The van der Waals surface area contributed by atoms with Gasteiger partial charge in [-0.15, -0.1) is 0 Å². The molecule has 25 heavy (non-hydrogen) atoms. The van der Waals surface area contributed by atoms with E-state index in [1.165, 1.54) is 0 Å². The van der Waals surface area contributed by atoms with Crippen LogP contribution in [0.3, 0.4) is 0 Å². The number of hydrogen-bond acceptors (Lipinski definition) is 8. The van der Waals surface area contributed by atoms with Crippen LogP contribution in [0.2, 0.25) is 0 Å². The van der Waals surface area contributed by atoms with Crippen LogP contribution < -0.4 is 10.6 Å². The molecule has 2 amide bonds. The predicted molar refractivity (Wildman–Crippen MR) is 80.9 cm³/mol. The summed E-state index contributed by atoms with van der Waals surface area (Å²) in [6.07, 6.45) is 1.10. The summed E-state index contributed by atoms with van der Waals surface area (Å²) in [4.78, 5) is 46.0. The van der Waals surface area contributed by atoms with Crippen LogP contribution in [0.1, 0.15) is 25.7 Å². The average Bonchev–Trinajstić information content (AvgIpc) is 3.23. The number of carbonyl (C=O) groups is 4. The first kappa shape index (κ1) is 19.1. The highest BCUT2D eigenvalue weighted by atomic mass is 16.6. The third-order valence-electron chi connectivity index (χ3n) is 4.27. The first-order valence-corrected chi connectivity index (χ1v) is 8.03. The fourth-order valence-electron chi connectivity index (χ4n) is 2.51. The summed E-state index contributed by atoms with van der Waals surface area (Å²) in [5, 5.41) is 24.0. The van der Waals surface area contributed by atoms with Crippen LogP contribution in [0.15, 0.2) is 0 Å². The zero-order valence-electron chi connectivity index (χ0n) is 13.7. The van der Waals surface area contributed by atoms with Gasteiger partial charge in [0.15, 0.2) is 0 Å². The van der Waals surface area contributed by atoms with Gasteiger partial charge >= 0.3 is 11.9 Å². The van der Waals surface area contributed by atoms with E-state index in [1.807, 2.05) is 0 Å². The van der Waals surface area contributed by atoms with Crippen LogP contribution in [0.25, 0.3) is 0 Å². The third kappa shape index (κ3) is 4.89. The predicted octanol–water partition coefficient (Wildman–Crippen LogP) is -2.40. The standard InChI is InChI=1S/C15H22N2O8/c18-5-15(6-19,7-24-13(22)9-1-3-11(20)16-9)8-25-14(23)10-2-4-12(21)17-10/h9-10,18-19H,1-8H2,(H,16,20)(H,17,21)/t9-,10-/m0/s1. The Morgan fingerprint density at radius 2 is 1.32 bits per heavy atom. The van der Waals surface area contributed by atoms with E-state index in [-0.39, 0.29) is 37.9 Å². The molecule has 2 fully saturated rings. The normalized spacial score (nSPS) is 23.1. The molecule has 2 saturated heterocycles. The van der Waals surface area contributed by atoms with Gasteiger partial charge in [-0.2, -0.15) is 0 Å². The molecule has 0 unspecified atom stereocenters. The van der Waals surface area contributed by atoms with Gasteiger partial charge in [-0.3, -0.25) is 9.59 Å². The zero-order chi connectivity index (χ0) is 18.4. The number of esters is 2. The van der Waals surface area contributed by atoms with Crippen molar-refractivity contribution >= 4 is 23.8 Å². The molecule has 0 saturated carbocycles. The highest BCUT2D eigenvalue weighted by Gasteiger charge is 2.37. The molecule has 0 spiro atoms. The van der Waals surface area contributed by atoms with Crippen LogP contribution in [0.5, 0.6) is 0 Å². The third-order valence-corrected chi connectivity index (χ3v) is 4.27. The van der Waals surface area contributed by atoms with Gasteiger partial charge in [0, 0.05) is 12.8 Å². The number of amides is 2. The van der Waals surface area contributed by atoms with Crippen LogP contribution in [-0.4, -0.2) is 72.5 Å². The first-order chi connectivity index (χ1) is 11.9. The molecule has 2 rings (SSSR count). The molecule has 2 aliphatic rings. The van der Waals surface area contributed by atoms with Crippen molar-refractivity contribution in [1.82, 2.24) is 10.6 Å². The fourth-order valence-corrected chi connectivity index (χ4v) is 2.51. The minimum atomic E-state index is -1.36. The Hall–Kier alpha value is -2.20. The molecule has 0 radical (unpaired) electrons. The van der Waals surface area contributed by atoms with Crippen molar-refractivity contribution < 1.29 is 38.9 Å². The second-order valence-corrected chi connectivity index (χ2v) is 6.35. The van der Waals surface area contributed by atoms with E-state index in [0.29, 0.717) is 12.8 Å². The van der Waals surface area contributed by atoms with E-state index < -0.39 is 42.7 Å². The van der Waals surface area contributed by atoms with Crippen LogP contribution in [0.4, 0.5) is 0 Å². The molecule has 0 aromatic rings. The Bertz CT molecular complexity index is 502. The molecule has 0 aliphatic carbocycles. The molecular weight excluding hydrogens is 336 g/mol. The van der Waals surface area contributed by atoms with Crippen molar-refractivity contribution in [3.05, 3.63) is 0 Å². The molecule has 2 heterocycles. The topological polar surface area (TPSA) is 151 Å². The van der Waals surface area contributed by atoms with E-state index in [9.17, 15) is 29.4 Å². The Kier molecular flexibility index (Phi) is 6.32. The van der Waals surface area contributed by atoms with Crippen molar-refractivity contribution in [2.75, 3.05) is 26.4 Å². The summed E-state index contributed by atoms with van der Waals surface area (Å²) in [5.41, 5.74) is -1.36. The largest absolute Gasteiger partial charge is 0.463 e. The van der Waals surface area contributed by atoms with Crippen LogP contribution in [0, 0.1) is 5.41 Å². The first-order valence-electron chi connectivity index (χ1n) is 8.03. The average molecular weight is 358 g/mol. The summed E-state index contributed by atoms with van der Waals surface area (Å²) < 4.78 is 10.1. The second-order valence-electron chi connectivity index (χ2n) is 6.35. The van der Waals surface area contributed by atoms with Gasteiger partial charge in [-0.25, -0.2) is 9.59 Å². The maximum atomic E-state index is 11.9. The number of aliphatic hydroxyl groups is 2. The number of hydrogen-bond donors (Lipinski definition) is 4. The van der Waals surface area contributed by atoms with E-state index in [1.54, 1.807) is 0 Å². The van der Waals surface area contributed by atoms with E-state index in [2.05, 4.69) is 10.6 Å². The van der Waals surface area contributed by atoms with Gasteiger partial charge in [-0.1, -0.05) is 0 Å². The molecular formula is C15H22N2O8. The molecule has 2 atom stereocenters. The zero-order valence-corrected chi connectivity index (χ0v) is 13.7. The van der Waals surface area contributed by atoms with Crippen molar-refractivity contribution in [2.24, 2.45) is 5.41 Å². The lowest BCUT2D eigenvalue weighted by Crippen LogP contribution is -2.45. The summed E-state index contributed by atoms with van der Waals surface area (Å²) in [6, 6.07) is -1.50. The molecule has 140 valence electrons. The smallest absolute Gasteiger partial charge is 0.328 e. The summed E-state index contributed by atoms with van der Waals surface area (Å²) in [5.74, 6) is -1.84. The summed E-state index contributed by atoms with van der Waals surface area (Å²) >= 11 is 0. The molecule has 10 heteroatoms. The molecule has 2 aliphatic heterocycles. The molecule has 10 nitrogen and oxygen atoms in total. The summed E-state index contributed by atoms with van der Waals surface area (Å²) in [6.45, 7) is -1.93. The highest BCUT2D eigenvalue weighted by molar-refractivity contribution is 5.88. The van der Waals surface area contributed by atoms with Gasteiger partial charge in [-0.05, 0) is 12.8 Å². The minimum absolute atomic E-state index is 0.232. The van der Waals surface area contributed by atoms with Gasteiger partial charge in [0.05, 0.1) is 18.6 Å².